The predicted octanol–water partition coefficient (Wildman–Crippen LogP) is 4.40. The quantitative estimate of drug-likeness (QED) is 0.686. The molecular weight excluding hydrogens is 338 g/mol. The molecule has 1 aliphatic heterocycles. The van der Waals surface area contributed by atoms with E-state index in [1.165, 1.54) is 19.3 Å². The number of nitrogens with zero attached hydrogens (tertiary/aromatic N) is 5. The fraction of sp³-hybridized carbons (Fsp3) is 0.571. The molecule has 0 bridgehead atoms. The number of rotatable bonds is 4. The molecule has 2 fully saturated rings. The molecule has 1 aromatic carbocycles. The van der Waals surface area contributed by atoms with E-state index in [9.17, 15) is 0 Å². The standard InChI is InChI=1S/C21H27N5O/c1-14(2)26-18-9-4-3-8-17(18)19(24-26)21-23-22-20(27-21)15-10-12-25(13-11-15)16-6-5-7-16/h3-4,8-9,14-16H,5-7,10-13H2,1-2H3. The molecule has 1 aliphatic carbocycles. The minimum atomic E-state index is 0.280. The molecule has 2 aromatic heterocycles. The Hall–Kier alpha value is -2.21. The number of aromatic nitrogens is 4. The molecule has 0 radical (unpaired) electrons. The highest BCUT2D eigenvalue weighted by Gasteiger charge is 2.31. The summed E-state index contributed by atoms with van der Waals surface area (Å²) in [6.07, 6.45) is 6.37. The summed E-state index contributed by atoms with van der Waals surface area (Å²) in [5.41, 5.74) is 1.90. The van der Waals surface area contributed by atoms with E-state index in [1.54, 1.807) is 0 Å². The summed E-state index contributed by atoms with van der Waals surface area (Å²) in [7, 11) is 0. The normalized spacial score (nSPS) is 19.8. The third-order valence-electron chi connectivity index (χ3n) is 6.22. The number of likely N-dealkylation sites (tertiary alicyclic amines) is 1. The zero-order valence-electron chi connectivity index (χ0n) is 16.1. The number of piperidine rings is 1. The lowest BCUT2D eigenvalue weighted by Crippen LogP contribution is -2.44. The second kappa shape index (κ2) is 6.75. The number of hydrogen-bond donors (Lipinski definition) is 0. The number of fused-ring (bicyclic) bond motifs is 1. The molecule has 1 saturated carbocycles. The first-order chi connectivity index (χ1) is 13.2. The smallest absolute Gasteiger partial charge is 0.268 e. The first-order valence-corrected chi connectivity index (χ1v) is 10.3. The largest absolute Gasteiger partial charge is 0.419 e. The Balaban J connectivity index is 1.39. The minimum Gasteiger partial charge on any atom is -0.419 e. The molecule has 6 heteroatoms. The van der Waals surface area contributed by atoms with Gasteiger partial charge < -0.3 is 9.32 Å². The van der Waals surface area contributed by atoms with Crippen LogP contribution in [0.5, 0.6) is 0 Å². The van der Waals surface area contributed by atoms with Gasteiger partial charge in [-0.15, -0.1) is 10.2 Å². The van der Waals surface area contributed by atoms with E-state index in [2.05, 4.69) is 41.1 Å². The fourth-order valence-electron chi connectivity index (χ4n) is 4.40. The zero-order valence-corrected chi connectivity index (χ0v) is 16.1. The summed E-state index contributed by atoms with van der Waals surface area (Å²) in [6.45, 7) is 6.58. The predicted molar refractivity (Wildman–Crippen MR) is 105 cm³/mol. The second-order valence-corrected chi connectivity index (χ2v) is 8.24. The Morgan fingerprint density at radius 1 is 1.04 bits per heavy atom. The second-order valence-electron chi connectivity index (χ2n) is 8.24. The van der Waals surface area contributed by atoms with Crippen molar-refractivity contribution in [3.63, 3.8) is 0 Å². The molecule has 0 spiro atoms. The van der Waals surface area contributed by atoms with Gasteiger partial charge in [-0.25, -0.2) is 0 Å². The number of hydrogen-bond acceptors (Lipinski definition) is 5. The molecule has 3 aromatic rings. The Kier molecular flexibility index (Phi) is 4.23. The molecule has 5 rings (SSSR count). The number of benzene rings is 1. The first kappa shape index (κ1) is 16.9. The van der Waals surface area contributed by atoms with Gasteiger partial charge in [0.25, 0.3) is 5.89 Å². The van der Waals surface area contributed by atoms with Gasteiger partial charge in [0.15, 0.2) is 5.69 Å². The third kappa shape index (κ3) is 2.96. The molecular formula is C21H27N5O. The molecule has 6 nitrogen and oxygen atoms in total. The van der Waals surface area contributed by atoms with Crippen molar-refractivity contribution in [2.75, 3.05) is 13.1 Å². The van der Waals surface area contributed by atoms with Crippen LogP contribution in [-0.4, -0.2) is 44.0 Å². The fourth-order valence-corrected chi connectivity index (χ4v) is 4.40. The molecule has 3 heterocycles. The minimum absolute atomic E-state index is 0.280. The lowest BCUT2D eigenvalue weighted by molar-refractivity contribution is 0.0936. The maximum atomic E-state index is 6.13. The van der Waals surface area contributed by atoms with Crippen LogP contribution in [0.4, 0.5) is 0 Å². The van der Waals surface area contributed by atoms with Crippen molar-refractivity contribution in [2.45, 2.75) is 64.0 Å². The van der Waals surface area contributed by atoms with Crippen LogP contribution >= 0.6 is 0 Å². The highest BCUT2D eigenvalue weighted by atomic mass is 16.4. The van der Waals surface area contributed by atoms with Gasteiger partial charge in [-0.1, -0.05) is 24.6 Å². The molecule has 142 valence electrons. The monoisotopic (exact) mass is 365 g/mol. The summed E-state index contributed by atoms with van der Waals surface area (Å²) >= 11 is 0. The van der Waals surface area contributed by atoms with Gasteiger partial charge in [0, 0.05) is 23.4 Å². The third-order valence-corrected chi connectivity index (χ3v) is 6.22. The highest BCUT2D eigenvalue weighted by molar-refractivity contribution is 5.91. The molecule has 0 N–H and O–H groups in total. The van der Waals surface area contributed by atoms with Gasteiger partial charge >= 0.3 is 0 Å². The summed E-state index contributed by atoms with van der Waals surface area (Å²) in [5.74, 6) is 1.70. The lowest BCUT2D eigenvalue weighted by atomic mass is 9.88. The van der Waals surface area contributed by atoms with Crippen LogP contribution < -0.4 is 0 Å². The topological polar surface area (TPSA) is 60.0 Å². The van der Waals surface area contributed by atoms with E-state index in [1.807, 2.05) is 16.8 Å². The van der Waals surface area contributed by atoms with Crippen LogP contribution in [0.25, 0.3) is 22.5 Å². The van der Waals surface area contributed by atoms with Crippen LogP contribution in [0.15, 0.2) is 28.7 Å². The van der Waals surface area contributed by atoms with E-state index in [-0.39, 0.29) is 6.04 Å². The van der Waals surface area contributed by atoms with Gasteiger partial charge in [-0.3, -0.25) is 4.68 Å². The molecule has 0 atom stereocenters. The van der Waals surface area contributed by atoms with Crippen LogP contribution in [0.3, 0.4) is 0 Å². The van der Waals surface area contributed by atoms with Crippen molar-refractivity contribution < 1.29 is 4.42 Å². The van der Waals surface area contributed by atoms with E-state index < -0.39 is 0 Å². The Labute approximate surface area is 159 Å². The highest BCUT2D eigenvalue weighted by Crippen LogP contribution is 2.35. The molecule has 2 aliphatic rings. The van der Waals surface area contributed by atoms with E-state index in [0.717, 1.165) is 54.5 Å². The zero-order chi connectivity index (χ0) is 18.4. The van der Waals surface area contributed by atoms with Crippen molar-refractivity contribution in [1.82, 2.24) is 24.9 Å². The average molecular weight is 365 g/mol. The number of para-hydroxylation sites is 1. The lowest BCUT2D eigenvalue weighted by Gasteiger charge is -2.41. The van der Waals surface area contributed by atoms with E-state index in [4.69, 9.17) is 9.52 Å². The molecule has 1 saturated heterocycles. The molecule has 27 heavy (non-hydrogen) atoms. The molecule has 0 amide bonds. The average Bonchev–Trinajstić information content (AvgIpc) is 3.25. The van der Waals surface area contributed by atoms with Crippen LogP contribution in [-0.2, 0) is 0 Å². The Morgan fingerprint density at radius 2 is 1.81 bits per heavy atom. The van der Waals surface area contributed by atoms with E-state index in [0.29, 0.717) is 11.8 Å². The maximum Gasteiger partial charge on any atom is 0.268 e. The van der Waals surface area contributed by atoms with Gasteiger partial charge in [-0.05, 0) is 58.7 Å². The summed E-state index contributed by atoms with van der Waals surface area (Å²) in [4.78, 5) is 2.65. The van der Waals surface area contributed by atoms with Gasteiger partial charge in [0.1, 0.15) is 0 Å². The van der Waals surface area contributed by atoms with Crippen LogP contribution in [0.1, 0.15) is 63.8 Å². The maximum absolute atomic E-state index is 6.13. The van der Waals surface area contributed by atoms with Crippen molar-refractivity contribution in [1.29, 1.82) is 0 Å². The van der Waals surface area contributed by atoms with Crippen molar-refractivity contribution >= 4 is 10.9 Å². The Morgan fingerprint density at radius 3 is 2.52 bits per heavy atom. The Bertz CT molecular complexity index is 931. The van der Waals surface area contributed by atoms with Gasteiger partial charge in [0.05, 0.1) is 5.52 Å². The van der Waals surface area contributed by atoms with Crippen molar-refractivity contribution in [3.8, 4) is 11.6 Å². The van der Waals surface area contributed by atoms with Crippen LogP contribution in [0.2, 0.25) is 0 Å². The van der Waals surface area contributed by atoms with E-state index >= 15 is 0 Å². The van der Waals surface area contributed by atoms with Gasteiger partial charge in [0.2, 0.25) is 5.89 Å². The van der Waals surface area contributed by atoms with Crippen molar-refractivity contribution in [3.05, 3.63) is 30.2 Å². The SMILES string of the molecule is CC(C)n1nc(-c2nnc(C3CCN(C4CCC4)CC3)o2)c2ccccc21. The first-order valence-electron chi connectivity index (χ1n) is 10.3. The summed E-state index contributed by atoms with van der Waals surface area (Å²) in [5, 5.41) is 14.6. The summed E-state index contributed by atoms with van der Waals surface area (Å²) < 4.78 is 8.16. The summed E-state index contributed by atoms with van der Waals surface area (Å²) in [6, 6.07) is 9.36. The van der Waals surface area contributed by atoms with Crippen LogP contribution in [0, 0.1) is 0 Å². The molecule has 0 unspecified atom stereocenters. The van der Waals surface area contributed by atoms with Gasteiger partial charge in [-0.2, -0.15) is 5.10 Å². The van der Waals surface area contributed by atoms with Crippen molar-refractivity contribution in [2.24, 2.45) is 0 Å².